The normalized spacial score (nSPS) is 22.1. The number of hydrogen-bond acceptors (Lipinski definition) is 2. The molecule has 4 heteroatoms. The molecule has 134 valence electrons. The Morgan fingerprint density at radius 3 is 2.15 bits per heavy atom. The largest absolute Gasteiger partial charge is 0.355 e. The molecule has 0 aromatic heterocycles. The van der Waals surface area contributed by atoms with Crippen LogP contribution in [0.25, 0.3) is 0 Å². The molecule has 2 amide bonds. The van der Waals surface area contributed by atoms with E-state index in [1.165, 1.54) is 11.1 Å². The van der Waals surface area contributed by atoms with E-state index in [0.717, 1.165) is 19.4 Å². The van der Waals surface area contributed by atoms with Crippen LogP contribution in [0.2, 0.25) is 0 Å². The van der Waals surface area contributed by atoms with E-state index in [-0.39, 0.29) is 23.1 Å². The zero-order valence-corrected chi connectivity index (χ0v) is 14.9. The minimum absolute atomic E-state index is 0.0160. The van der Waals surface area contributed by atoms with Gasteiger partial charge < -0.3 is 10.2 Å². The summed E-state index contributed by atoms with van der Waals surface area (Å²) in [4.78, 5) is 26.5. The molecule has 0 aliphatic carbocycles. The van der Waals surface area contributed by atoms with E-state index in [0.29, 0.717) is 19.5 Å². The number of nitrogens with zero attached hydrogens (tertiary/aromatic N) is 1. The molecule has 2 saturated heterocycles. The molecule has 0 unspecified atom stereocenters. The predicted octanol–water partition coefficient (Wildman–Crippen LogP) is 2.73. The van der Waals surface area contributed by atoms with Crippen molar-refractivity contribution in [2.24, 2.45) is 5.92 Å². The number of hydrogen-bond donors (Lipinski definition) is 1. The quantitative estimate of drug-likeness (QED) is 0.927. The molecule has 0 radical (unpaired) electrons. The molecular weight excluding hydrogens is 324 g/mol. The lowest BCUT2D eigenvalue weighted by molar-refractivity contribution is -0.137. The Bertz CT molecular complexity index is 749. The molecular formula is C22H24N2O2. The van der Waals surface area contributed by atoms with Crippen molar-refractivity contribution in [3.8, 4) is 0 Å². The van der Waals surface area contributed by atoms with E-state index < -0.39 is 0 Å². The fraction of sp³-hybridized carbons (Fsp3) is 0.364. The van der Waals surface area contributed by atoms with Crippen molar-refractivity contribution in [1.29, 1.82) is 0 Å². The number of likely N-dealkylation sites (tertiary alicyclic amines) is 1. The fourth-order valence-corrected chi connectivity index (χ4v) is 4.43. The zero-order valence-electron chi connectivity index (χ0n) is 14.9. The van der Waals surface area contributed by atoms with Crippen LogP contribution in [0.3, 0.4) is 0 Å². The first-order chi connectivity index (χ1) is 12.7. The number of piperidine rings is 1. The van der Waals surface area contributed by atoms with Crippen LogP contribution in [0.4, 0.5) is 0 Å². The Balaban J connectivity index is 1.68. The first-order valence-corrected chi connectivity index (χ1v) is 9.36. The van der Waals surface area contributed by atoms with E-state index in [2.05, 4.69) is 53.8 Å². The van der Waals surface area contributed by atoms with Gasteiger partial charge in [-0.05, 0) is 24.0 Å². The first kappa shape index (κ1) is 16.8. The van der Waals surface area contributed by atoms with Crippen LogP contribution in [0.1, 0.15) is 30.4 Å². The standard InChI is InChI=1S/C22H24N2O2/c25-20-14-17(15-23-20)21(26)24-13-7-12-22(16-24,18-8-3-1-4-9-18)19-10-5-2-6-11-19/h1-6,8-11,17H,7,12-16H2,(H,23,25)/t17-/m0/s1. The lowest BCUT2D eigenvalue weighted by Crippen LogP contribution is -2.51. The van der Waals surface area contributed by atoms with Gasteiger partial charge >= 0.3 is 0 Å². The Labute approximate surface area is 154 Å². The Hall–Kier alpha value is -2.62. The number of rotatable bonds is 3. The predicted molar refractivity (Wildman–Crippen MR) is 101 cm³/mol. The van der Waals surface area contributed by atoms with Gasteiger partial charge in [0.2, 0.25) is 11.8 Å². The number of carbonyl (C=O) groups excluding carboxylic acids is 2. The molecule has 2 aliphatic rings. The summed E-state index contributed by atoms with van der Waals surface area (Å²) in [6, 6.07) is 21.0. The zero-order chi connectivity index (χ0) is 18.0. The number of benzene rings is 2. The summed E-state index contributed by atoms with van der Waals surface area (Å²) in [5.41, 5.74) is 2.32. The summed E-state index contributed by atoms with van der Waals surface area (Å²) < 4.78 is 0. The van der Waals surface area contributed by atoms with E-state index in [1.807, 2.05) is 17.0 Å². The molecule has 4 nitrogen and oxygen atoms in total. The van der Waals surface area contributed by atoms with Gasteiger partial charge in [0.1, 0.15) is 0 Å². The molecule has 1 atom stereocenters. The highest BCUT2D eigenvalue weighted by Gasteiger charge is 2.42. The van der Waals surface area contributed by atoms with E-state index in [1.54, 1.807) is 0 Å². The molecule has 1 N–H and O–H groups in total. The van der Waals surface area contributed by atoms with Crippen LogP contribution >= 0.6 is 0 Å². The maximum absolute atomic E-state index is 13.0. The molecule has 0 bridgehead atoms. The van der Waals surface area contributed by atoms with Gasteiger partial charge in [-0.2, -0.15) is 0 Å². The lowest BCUT2D eigenvalue weighted by atomic mass is 9.69. The highest BCUT2D eigenvalue weighted by Crippen LogP contribution is 2.40. The van der Waals surface area contributed by atoms with Crippen LogP contribution in [0.5, 0.6) is 0 Å². The van der Waals surface area contributed by atoms with Gasteiger partial charge in [0, 0.05) is 31.5 Å². The average molecular weight is 348 g/mol. The third-order valence-corrected chi connectivity index (χ3v) is 5.78. The number of amides is 2. The molecule has 26 heavy (non-hydrogen) atoms. The van der Waals surface area contributed by atoms with Crippen LogP contribution < -0.4 is 5.32 Å². The van der Waals surface area contributed by atoms with Crippen molar-refractivity contribution >= 4 is 11.8 Å². The second-order valence-corrected chi connectivity index (χ2v) is 7.38. The molecule has 2 fully saturated rings. The smallest absolute Gasteiger partial charge is 0.228 e. The van der Waals surface area contributed by atoms with Crippen molar-refractivity contribution in [1.82, 2.24) is 10.2 Å². The molecule has 0 saturated carbocycles. The van der Waals surface area contributed by atoms with Crippen LogP contribution in [0, 0.1) is 5.92 Å². The minimum Gasteiger partial charge on any atom is -0.355 e. The second-order valence-electron chi connectivity index (χ2n) is 7.38. The van der Waals surface area contributed by atoms with Gasteiger partial charge in [-0.3, -0.25) is 9.59 Å². The van der Waals surface area contributed by atoms with Crippen molar-refractivity contribution in [3.05, 3.63) is 71.8 Å². The van der Waals surface area contributed by atoms with Gasteiger partial charge in [-0.15, -0.1) is 0 Å². The van der Waals surface area contributed by atoms with Crippen molar-refractivity contribution in [3.63, 3.8) is 0 Å². The van der Waals surface area contributed by atoms with Crippen molar-refractivity contribution in [2.45, 2.75) is 24.7 Å². The molecule has 2 aromatic rings. The van der Waals surface area contributed by atoms with E-state index in [4.69, 9.17) is 0 Å². The highest BCUT2D eigenvalue weighted by atomic mass is 16.2. The maximum atomic E-state index is 13.0. The first-order valence-electron chi connectivity index (χ1n) is 9.36. The second kappa shape index (κ2) is 6.94. The van der Waals surface area contributed by atoms with Gasteiger partial charge in [-0.25, -0.2) is 0 Å². The molecule has 4 rings (SSSR count). The van der Waals surface area contributed by atoms with Gasteiger partial charge in [-0.1, -0.05) is 60.7 Å². The van der Waals surface area contributed by atoms with Gasteiger partial charge in [0.05, 0.1) is 5.92 Å². The monoisotopic (exact) mass is 348 g/mol. The Kier molecular flexibility index (Phi) is 4.49. The van der Waals surface area contributed by atoms with Crippen molar-refractivity contribution < 1.29 is 9.59 Å². The van der Waals surface area contributed by atoms with Crippen molar-refractivity contribution in [2.75, 3.05) is 19.6 Å². The highest BCUT2D eigenvalue weighted by molar-refractivity contribution is 5.89. The number of carbonyl (C=O) groups is 2. The molecule has 0 spiro atoms. The van der Waals surface area contributed by atoms with E-state index >= 15 is 0 Å². The average Bonchev–Trinajstić information content (AvgIpc) is 3.15. The third-order valence-electron chi connectivity index (χ3n) is 5.78. The lowest BCUT2D eigenvalue weighted by Gasteiger charge is -2.44. The fourth-order valence-electron chi connectivity index (χ4n) is 4.43. The number of nitrogens with one attached hydrogen (secondary N) is 1. The third kappa shape index (κ3) is 3.00. The Morgan fingerprint density at radius 1 is 1.00 bits per heavy atom. The summed E-state index contributed by atoms with van der Waals surface area (Å²) >= 11 is 0. The summed E-state index contributed by atoms with van der Waals surface area (Å²) in [6.07, 6.45) is 2.30. The maximum Gasteiger partial charge on any atom is 0.228 e. The SMILES string of the molecule is O=C1C[C@H](C(=O)N2CCCC(c3ccccc3)(c3ccccc3)C2)CN1. The van der Waals surface area contributed by atoms with Crippen LogP contribution in [-0.2, 0) is 15.0 Å². The van der Waals surface area contributed by atoms with Crippen LogP contribution in [-0.4, -0.2) is 36.3 Å². The summed E-state index contributed by atoms with van der Waals surface area (Å²) in [5, 5.41) is 2.79. The molecule has 2 heterocycles. The minimum atomic E-state index is -0.218. The molecule has 2 aliphatic heterocycles. The summed E-state index contributed by atoms with van der Waals surface area (Å²) in [7, 11) is 0. The van der Waals surface area contributed by atoms with Gasteiger partial charge in [0.25, 0.3) is 0 Å². The summed E-state index contributed by atoms with van der Waals surface area (Å²) in [5.74, 6) is -0.123. The molecule has 2 aromatic carbocycles. The van der Waals surface area contributed by atoms with Gasteiger partial charge in [0.15, 0.2) is 0 Å². The van der Waals surface area contributed by atoms with Crippen LogP contribution in [0.15, 0.2) is 60.7 Å². The Morgan fingerprint density at radius 2 is 1.62 bits per heavy atom. The summed E-state index contributed by atoms with van der Waals surface area (Å²) in [6.45, 7) is 1.91. The van der Waals surface area contributed by atoms with E-state index in [9.17, 15) is 9.59 Å². The topological polar surface area (TPSA) is 49.4 Å².